The van der Waals surface area contributed by atoms with E-state index in [1.165, 1.54) is 0 Å². The van der Waals surface area contributed by atoms with E-state index in [1.807, 2.05) is 19.9 Å². The van der Waals surface area contributed by atoms with Gasteiger partial charge >= 0.3 is 5.97 Å². The molecular weight excluding hydrogens is 192 g/mol. The van der Waals surface area contributed by atoms with Gasteiger partial charge in [0.05, 0.1) is 5.56 Å². The summed E-state index contributed by atoms with van der Waals surface area (Å²) in [4.78, 5) is 15.4. The summed E-state index contributed by atoms with van der Waals surface area (Å²) in [5.74, 6) is -0.908. The van der Waals surface area contributed by atoms with Gasteiger partial charge in [0.25, 0.3) is 0 Å². The van der Waals surface area contributed by atoms with Crippen LogP contribution in [0, 0.1) is 13.8 Å². The van der Waals surface area contributed by atoms with Gasteiger partial charge in [0, 0.05) is 24.3 Å². The van der Waals surface area contributed by atoms with Crippen LogP contribution in [0.3, 0.4) is 0 Å². The van der Waals surface area contributed by atoms with E-state index in [2.05, 4.69) is 4.98 Å². The van der Waals surface area contributed by atoms with Gasteiger partial charge in [-0.3, -0.25) is 0 Å². The molecule has 0 aromatic carbocycles. The average Bonchev–Trinajstić information content (AvgIpc) is 2.44. The maximum atomic E-state index is 11.0. The second kappa shape index (κ2) is 3.08. The monoisotopic (exact) mass is 204 g/mol. The number of hydrogen-bond donors (Lipinski definition) is 1. The first-order valence-corrected chi connectivity index (χ1v) is 4.67. The summed E-state index contributed by atoms with van der Waals surface area (Å²) in [7, 11) is 1.81. The molecule has 0 radical (unpaired) electrons. The lowest BCUT2D eigenvalue weighted by Gasteiger charge is -2.01. The maximum absolute atomic E-state index is 11.0. The molecule has 0 unspecified atom stereocenters. The number of carbonyl (C=O) groups is 1. The fourth-order valence-electron chi connectivity index (χ4n) is 1.89. The number of aryl methyl sites for hydroxylation is 3. The first-order chi connectivity index (χ1) is 7.00. The van der Waals surface area contributed by atoms with E-state index in [0.29, 0.717) is 5.56 Å². The van der Waals surface area contributed by atoms with Crippen LogP contribution in [-0.4, -0.2) is 20.6 Å². The molecule has 2 rings (SSSR count). The molecule has 0 aliphatic heterocycles. The Balaban J connectivity index is 2.93. The van der Waals surface area contributed by atoms with Crippen molar-refractivity contribution in [1.82, 2.24) is 9.55 Å². The molecule has 0 atom stereocenters. The minimum atomic E-state index is -0.908. The highest BCUT2D eigenvalue weighted by molar-refractivity contribution is 6.03. The fraction of sp³-hybridized carbons (Fsp3) is 0.273. The molecule has 2 heterocycles. The summed E-state index contributed by atoms with van der Waals surface area (Å²) in [5, 5.41) is 9.78. The number of carboxylic acids is 1. The molecule has 0 bridgehead atoms. The Bertz CT molecular complexity index is 555. The Morgan fingerprint density at radius 1 is 1.47 bits per heavy atom. The van der Waals surface area contributed by atoms with Crippen LogP contribution in [0.25, 0.3) is 11.0 Å². The van der Waals surface area contributed by atoms with E-state index in [0.717, 1.165) is 22.3 Å². The highest BCUT2D eigenvalue weighted by atomic mass is 16.4. The molecule has 4 nitrogen and oxygen atoms in total. The third-order valence-electron chi connectivity index (χ3n) is 2.48. The number of aromatic nitrogens is 2. The minimum absolute atomic E-state index is 0.317. The Kier molecular flexibility index (Phi) is 2.00. The van der Waals surface area contributed by atoms with Crippen LogP contribution >= 0.6 is 0 Å². The Hall–Kier alpha value is -1.84. The normalized spacial score (nSPS) is 10.9. The number of aromatic carboxylic acids is 1. The van der Waals surface area contributed by atoms with Crippen LogP contribution in [0.2, 0.25) is 0 Å². The van der Waals surface area contributed by atoms with Crippen LogP contribution in [0.5, 0.6) is 0 Å². The molecule has 0 spiro atoms. The molecule has 2 aromatic rings. The van der Waals surface area contributed by atoms with Crippen molar-refractivity contribution in [3.8, 4) is 0 Å². The molecule has 0 fully saturated rings. The van der Waals surface area contributed by atoms with E-state index < -0.39 is 5.97 Å². The van der Waals surface area contributed by atoms with Gasteiger partial charge in [0.2, 0.25) is 0 Å². The van der Waals surface area contributed by atoms with Gasteiger partial charge in [0.15, 0.2) is 0 Å². The van der Waals surface area contributed by atoms with Crippen LogP contribution < -0.4 is 0 Å². The van der Waals surface area contributed by atoms with E-state index in [9.17, 15) is 4.79 Å². The lowest BCUT2D eigenvalue weighted by atomic mass is 10.1. The van der Waals surface area contributed by atoms with E-state index in [-0.39, 0.29) is 0 Å². The SMILES string of the molecule is Cc1cc(C)c2c(C(=O)O)cn(C)c2n1. The maximum Gasteiger partial charge on any atom is 0.337 e. The predicted molar refractivity (Wildman–Crippen MR) is 57.1 cm³/mol. The number of hydrogen-bond acceptors (Lipinski definition) is 2. The largest absolute Gasteiger partial charge is 0.478 e. The molecule has 4 heteroatoms. The highest BCUT2D eigenvalue weighted by Crippen LogP contribution is 2.23. The van der Waals surface area contributed by atoms with E-state index in [1.54, 1.807) is 17.8 Å². The van der Waals surface area contributed by atoms with Gasteiger partial charge in [-0.2, -0.15) is 0 Å². The zero-order valence-electron chi connectivity index (χ0n) is 8.90. The molecule has 78 valence electrons. The lowest BCUT2D eigenvalue weighted by molar-refractivity contribution is 0.0699. The summed E-state index contributed by atoms with van der Waals surface area (Å²) in [6.45, 7) is 3.81. The first-order valence-electron chi connectivity index (χ1n) is 4.67. The quantitative estimate of drug-likeness (QED) is 0.771. The highest BCUT2D eigenvalue weighted by Gasteiger charge is 2.15. The van der Waals surface area contributed by atoms with Crippen LogP contribution in [0.4, 0.5) is 0 Å². The van der Waals surface area contributed by atoms with Crippen molar-refractivity contribution in [2.24, 2.45) is 7.05 Å². The number of carboxylic acid groups (broad SMARTS) is 1. The number of nitrogens with zero attached hydrogens (tertiary/aromatic N) is 2. The number of fused-ring (bicyclic) bond motifs is 1. The molecule has 0 aliphatic carbocycles. The van der Waals surface area contributed by atoms with Gasteiger partial charge in [-0.1, -0.05) is 0 Å². The molecular formula is C11H12N2O2. The molecule has 0 amide bonds. The van der Waals surface area contributed by atoms with Crippen molar-refractivity contribution in [2.75, 3.05) is 0 Å². The minimum Gasteiger partial charge on any atom is -0.478 e. The average molecular weight is 204 g/mol. The summed E-state index contributed by atoms with van der Waals surface area (Å²) in [6, 6.07) is 1.90. The standard InChI is InChI=1S/C11H12N2O2/c1-6-4-7(2)12-10-9(6)8(11(14)15)5-13(10)3/h4-5H,1-3H3,(H,14,15). The number of rotatable bonds is 1. The Labute approximate surface area is 87.2 Å². The van der Waals surface area contributed by atoms with Crippen molar-refractivity contribution >= 4 is 17.0 Å². The molecule has 0 aliphatic rings. The van der Waals surface area contributed by atoms with Crippen LogP contribution in [0.15, 0.2) is 12.3 Å². The molecule has 15 heavy (non-hydrogen) atoms. The van der Waals surface area contributed by atoms with Gasteiger partial charge < -0.3 is 9.67 Å². The lowest BCUT2D eigenvalue weighted by Crippen LogP contribution is -1.95. The van der Waals surface area contributed by atoms with Crippen LogP contribution in [0.1, 0.15) is 21.6 Å². The summed E-state index contributed by atoms with van der Waals surface area (Å²) in [5.41, 5.74) is 2.90. The zero-order chi connectivity index (χ0) is 11.2. The molecule has 0 saturated carbocycles. The van der Waals surface area contributed by atoms with Gasteiger partial charge in [-0.25, -0.2) is 9.78 Å². The Morgan fingerprint density at radius 3 is 2.73 bits per heavy atom. The summed E-state index contributed by atoms with van der Waals surface area (Å²) < 4.78 is 1.75. The van der Waals surface area contributed by atoms with Gasteiger partial charge in [-0.05, 0) is 25.5 Å². The van der Waals surface area contributed by atoms with Crippen molar-refractivity contribution < 1.29 is 9.90 Å². The Morgan fingerprint density at radius 2 is 2.13 bits per heavy atom. The van der Waals surface area contributed by atoms with Gasteiger partial charge in [0.1, 0.15) is 5.65 Å². The van der Waals surface area contributed by atoms with Crippen LogP contribution in [-0.2, 0) is 7.05 Å². The third kappa shape index (κ3) is 1.38. The van der Waals surface area contributed by atoms with Crippen molar-refractivity contribution in [2.45, 2.75) is 13.8 Å². The van der Waals surface area contributed by atoms with Crippen molar-refractivity contribution in [3.05, 3.63) is 29.1 Å². The first kappa shape index (κ1) is 9.71. The fourth-order valence-corrected chi connectivity index (χ4v) is 1.89. The topological polar surface area (TPSA) is 55.1 Å². The smallest absolute Gasteiger partial charge is 0.337 e. The van der Waals surface area contributed by atoms with E-state index in [4.69, 9.17) is 5.11 Å². The second-order valence-corrected chi connectivity index (χ2v) is 3.74. The zero-order valence-corrected chi connectivity index (χ0v) is 8.90. The second-order valence-electron chi connectivity index (χ2n) is 3.74. The van der Waals surface area contributed by atoms with Gasteiger partial charge in [-0.15, -0.1) is 0 Å². The van der Waals surface area contributed by atoms with Crippen molar-refractivity contribution in [1.29, 1.82) is 0 Å². The third-order valence-corrected chi connectivity index (χ3v) is 2.48. The van der Waals surface area contributed by atoms with E-state index >= 15 is 0 Å². The molecule has 0 saturated heterocycles. The predicted octanol–water partition coefficient (Wildman–Crippen LogP) is 1.89. The number of pyridine rings is 1. The summed E-state index contributed by atoms with van der Waals surface area (Å²) in [6.07, 6.45) is 1.60. The molecule has 2 aromatic heterocycles. The van der Waals surface area contributed by atoms with Crippen molar-refractivity contribution in [3.63, 3.8) is 0 Å². The summed E-state index contributed by atoms with van der Waals surface area (Å²) >= 11 is 0. The molecule has 1 N–H and O–H groups in total.